The molecule has 0 radical (unpaired) electrons. The molecule has 2 aromatic heterocycles. The van der Waals surface area contributed by atoms with E-state index in [9.17, 15) is 0 Å². The van der Waals surface area contributed by atoms with Gasteiger partial charge in [-0.1, -0.05) is 0 Å². The first-order chi connectivity index (χ1) is 9.54. The summed E-state index contributed by atoms with van der Waals surface area (Å²) in [6, 6.07) is 2.77. The lowest BCUT2D eigenvalue weighted by atomic mass is 10.2. The summed E-state index contributed by atoms with van der Waals surface area (Å²) in [7, 11) is 0. The molecule has 20 heavy (non-hydrogen) atoms. The fraction of sp³-hybridized carbons (Fsp3) is 0.571. The van der Waals surface area contributed by atoms with Crippen LogP contribution in [0.15, 0.2) is 6.07 Å². The lowest BCUT2D eigenvalue weighted by Crippen LogP contribution is -2.49. The first-order valence-electron chi connectivity index (χ1n) is 6.97. The third-order valence-electron chi connectivity index (χ3n) is 3.81. The van der Waals surface area contributed by atoms with Crippen LogP contribution in [-0.2, 0) is 0 Å². The Morgan fingerprint density at radius 2 is 1.90 bits per heavy atom. The molecule has 1 aliphatic rings. The molecule has 1 fully saturated rings. The van der Waals surface area contributed by atoms with Crippen LogP contribution in [0.25, 0.3) is 10.2 Å². The van der Waals surface area contributed by atoms with Crippen molar-refractivity contribution in [2.75, 3.05) is 31.1 Å². The van der Waals surface area contributed by atoms with Crippen molar-refractivity contribution >= 4 is 39.0 Å². The smallest absolute Gasteiger partial charge is 0.225 e. The van der Waals surface area contributed by atoms with Gasteiger partial charge in [0, 0.05) is 37.1 Å². The van der Waals surface area contributed by atoms with Crippen molar-refractivity contribution in [3.8, 4) is 0 Å². The van der Waals surface area contributed by atoms with E-state index in [1.54, 1.807) is 11.3 Å². The normalized spacial score (nSPS) is 17.4. The van der Waals surface area contributed by atoms with Crippen LogP contribution < -0.4 is 4.90 Å². The van der Waals surface area contributed by atoms with Crippen molar-refractivity contribution in [1.82, 2.24) is 14.9 Å². The first kappa shape index (κ1) is 14.0. The molecule has 108 valence electrons. The Hall–Kier alpha value is -0.910. The number of rotatable bonds is 2. The van der Waals surface area contributed by atoms with Gasteiger partial charge in [0.2, 0.25) is 5.28 Å². The summed E-state index contributed by atoms with van der Waals surface area (Å²) in [6.45, 7) is 10.7. The van der Waals surface area contributed by atoms with Crippen LogP contribution in [0.4, 0.5) is 5.82 Å². The van der Waals surface area contributed by atoms with E-state index in [4.69, 9.17) is 11.6 Å². The number of aromatic nitrogens is 2. The van der Waals surface area contributed by atoms with E-state index in [2.05, 4.69) is 46.6 Å². The van der Waals surface area contributed by atoms with E-state index < -0.39 is 0 Å². The summed E-state index contributed by atoms with van der Waals surface area (Å²) in [6.07, 6.45) is 0. The van der Waals surface area contributed by atoms with E-state index in [1.165, 1.54) is 4.88 Å². The maximum atomic E-state index is 6.08. The molecule has 0 bridgehead atoms. The van der Waals surface area contributed by atoms with Gasteiger partial charge in [0.1, 0.15) is 10.6 Å². The zero-order valence-electron chi connectivity index (χ0n) is 12.1. The second kappa shape index (κ2) is 5.47. The summed E-state index contributed by atoms with van der Waals surface area (Å²) in [4.78, 5) is 15.9. The van der Waals surface area contributed by atoms with Gasteiger partial charge in [-0.05, 0) is 38.4 Å². The van der Waals surface area contributed by atoms with Crippen LogP contribution in [0, 0.1) is 6.92 Å². The molecule has 0 atom stereocenters. The number of piperazine rings is 1. The van der Waals surface area contributed by atoms with Crippen LogP contribution in [0.2, 0.25) is 5.28 Å². The van der Waals surface area contributed by atoms with Gasteiger partial charge < -0.3 is 4.90 Å². The molecule has 0 aromatic carbocycles. The van der Waals surface area contributed by atoms with Crippen molar-refractivity contribution in [3.63, 3.8) is 0 Å². The zero-order valence-corrected chi connectivity index (χ0v) is 13.6. The fourth-order valence-corrected chi connectivity index (χ4v) is 3.78. The second-order valence-corrected chi connectivity index (χ2v) is 7.08. The van der Waals surface area contributed by atoms with Crippen LogP contribution in [0.1, 0.15) is 18.7 Å². The van der Waals surface area contributed by atoms with Gasteiger partial charge in [0.15, 0.2) is 0 Å². The number of fused-ring (bicyclic) bond motifs is 1. The lowest BCUT2D eigenvalue weighted by molar-refractivity contribution is 0.209. The van der Waals surface area contributed by atoms with Gasteiger partial charge in [0.25, 0.3) is 0 Å². The fourth-order valence-electron chi connectivity index (χ4n) is 2.69. The molecular formula is C14H19ClN4S. The van der Waals surface area contributed by atoms with Crippen molar-refractivity contribution in [2.24, 2.45) is 0 Å². The second-order valence-electron chi connectivity index (χ2n) is 5.51. The molecule has 1 saturated heterocycles. The Morgan fingerprint density at radius 1 is 1.20 bits per heavy atom. The number of hydrogen-bond donors (Lipinski definition) is 0. The van der Waals surface area contributed by atoms with Gasteiger partial charge in [-0.15, -0.1) is 11.3 Å². The first-order valence-corrected chi connectivity index (χ1v) is 8.16. The Kier molecular flexibility index (Phi) is 3.84. The maximum absolute atomic E-state index is 6.08. The number of nitrogens with zero attached hydrogens (tertiary/aromatic N) is 4. The van der Waals surface area contributed by atoms with E-state index in [0.717, 1.165) is 42.2 Å². The third kappa shape index (κ3) is 2.62. The van der Waals surface area contributed by atoms with Crippen LogP contribution in [0.3, 0.4) is 0 Å². The molecule has 6 heteroatoms. The molecule has 1 aliphatic heterocycles. The molecular weight excluding hydrogens is 292 g/mol. The minimum Gasteiger partial charge on any atom is -0.353 e. The highest BCUT2D eigenvalue weighted by Gasteiger charge is 2.22. The topological polar surface area (TPSA) is 32.3 Å². The summed E-state index contributed by atoms with van der Waals surface area (Å²) >= 11 is 7.76. The SMILES string of the molecule is Cc1cc2c(N3CCN(C(C)C)CC3)nc(Cl)nc2s1. The molecule has 0 saturated carbocycles. The molecule has 3 rings (SSSR count). The largest absolute Gasteiger partial charge is 0.353 e. The van der Waals surface area contributed by atoms with Gasteiger partial charge in [-0.3, -0.25) is 4.90 Å². The average Bonchev–Trinajstić information content (AvgIpc) is 2.78. The highest BCUT2D eigenvalue weighted by molar-refractivity contribution is 7.18. The predicted molar refractivity (Wildman–Crippen MR) is 86.1 cm³/mol. The molecule has 3 heterocycles. The Morgan fingerprint density at radius 3 is 2.55 bits per heavy atom. The highest BCUT2D eigenvalue weighted by Crippen LogP contribution is 2.32. The molecule has 0 amide bonds. The number of hydrogen-bond acceptors (Lipinski definition) is 5. The van der Waals surface area contributed by atoms with Gasteiger partial charge in [0.05, 0.1) is 5.39 Å². The van der Waals surface area contributed by atoms with Crippen molar-refractivity contribution in [1.29, 1.82) is 0 Å². The molecule has 0 unspecified atom stereocenters. The monoisotopic (exact) mass is 310 g/mol. The summed E-state index contributed by atoms with van der Waals surface area (Å²) in [5.74, 6) is 0.993. The van der Waals surface area contributed by atoms with Gasteiger partial charge in [-0.25, -0.2) is 4.98 Å². The molecule has 0 aliphatic carbocycles. The average molecular weight is 311 g/mol. The van der Waals surface area contributed by atoms with E-state index >= 15 is 0 Å². The van der Waals surface area contributed by atoms with Gasteiger partial charge in [-0.2, -0.15) is 4.98 Å². The van der Waals surface area contributed by atoms with E-state index in [-0.39, 0.29) is 0 Å². The van der Waals surface area contributed by atoms with Crippen molar-refractivity contribution in [2.45, 2.75) is 26.8 Å². The standard InChI is InChI=1S/C14H19ClN4S/c1-9(2)18-4-6-19(7-5-18)12-11-8-10(3)20-13(11)17-14(15)16-12/h8-9H,4-7H2,1-3H3. The maximum Gasteiger partial charge on any atom is 0.225 e. The lowest BCUT2D eigenvalue weighted by Gasteiger charge is -2.37. The quantitative estimate of drug-likeness (QED) is 0.798. The van der Waals surface area contributed by atoms with Gasteiger partial charge >= 0.3 is 0 Å². The van der Waals surface area contributed by atoms with E-state index in [0.29, 0.717) is 11.3 Å². The minimum absolute atomic E-state index is 0.348. The Balaban J connectivity index is 1.91. The number of anilines is 1. The number of aryl methyl sites for hydroxylation is 1. The highest BCUT2D eigenvalue weighted by atomic mass is 35.5. The number of thiophene rings is 1. The molecule has 0 spiro atoms. The van der Waals surface area contributed by atoms with Crippen molar-refractivity contribution in [3.05, 3.63) is 16.2 Å². The summed E-state index contributed by atoms with van der Waals surface area (Å²) in [5, 5.41) is 1.48. The van der Waals surface area contributed by atoms with Crippen LogP contribution in [-0.4, -0.2) is 47.1 Å². The molecule has 2 aromatic rings. The number of halogens is 1. The molecule has 4 nitrogen and oxygen atoms in total. The van der Waals surface area contributed by atoms with Crippen LogP contribution >= 0.6 is 22.9 Å². The van der Waals surface area contributed by atoms with E-state index in [1.807, 2.05) is 0 Å². The minimum atomic E-state index is 0.348. The third-order valence-corrected chi connectivity index (χ3v) is 4.93. The molecule has 0 N–H and O–H groups in total. The van der Waals surface area contributed by atoms with Crippen LogP contribution in [0.5, 0.6) is 0 Å². The summed E-state index contributed by atoms with van der Waals surface area (Å²) < 4.78 is 0. The summed E-state index contributed by atoms with van der Waals surface area (Å²) in [5.41, 5.74) is 0. The van der Waals surface area contributed by atoms with Crippen molar-refractivity contribution < 1.29 is 0 Å². The Labute approximate surface area is 128 Å². The predicted octanol–water partition coefficient (Wildman–Crippen LogP) is 3.18. The Bertz CT molecular complexity index is 617. The zero-order chi connectivity index (χ0) is 14.3.